The lowest BCUT2D eigenvalue weighted by molar-refractivity contribution is -0.161. The summed E-state index contributed by atoms with van der Waals surface area (Å²) in [5, 5.41) is 10.6. The highest BCUT2D eigenvalue weighted by molar-refractivity contribution is 7.47. The normalized spacial score (nSPS) is 14.8. The average Bonchev–Trinajstić information content (AvgIpc) is 1.99. The molecule has 19 heteroatoms. The Labute approximate surface area is 568 Å². The summed E-state index contributed by atoms with van der Waals surface area (Å²) in [4.78, 5) is 72.7. The van der Waals surface area contributed by atoms with Crippen LogP contribution in [-0.2, 0) is 65.4 Å². The maximum absolute atomic E-state index is 13.0. The quantitative estimate of drug-likeness (QED) is 0.0222. The number of carbonyl (C=O) groups excluding carboxylic acids is 4. The van der Waals surface area contributed by atoms with Gasteiger partial charge in [0.2, 0.25) is 0 Å². The van der Waals surface area contributed by atoms with Gasteiger partial charge in [-0.1, -0.05) is 319 Å². The van der Waals surface area contributed by atoms with Crippen LogP contribution in [0.1, 0.15) is 370 Å². The summed E-state index contributed by atoms with van der Waals surface area (Å²) >= 11 is 0. The molecular weight excluding hydrogens is 1220 g/mol. The fraction of sp³-hybridized carbons (Fsp3) is 0.946. The molecule has 3 N–H and O–H groups in total. The predicted octanol–water partition coefficient (Wildman–Crippen LogP) is 21.3. The van der Waals surface area contributed by atoms with Gasteiger partial charge in [0.15, 0.2) is 12.2 Å². The van der Waals surface area contributed by atoms with Crippen molar-refractivity contribution in [1.82, 2.24) is 0 Å². The molecule has 552 valence electrons. The Balaban J connectivity index is 5.23. The van der Waals surface area contributed by atoms with Crippen molar-refractivity contribution in [2.75, 3.05) is 39.6 Å². The average molecular weight is 1370 g/mol. The zero-order valence-electron chi connectivity index (χ0n) is 60.9. The Hall–Kier alpha value is -1.94. The van der Waals surface area contributed by atoms with E-state index in [0.717, 1.165) is 120 Å². The highest BCUT2D eigenvalue weighted by atomic mass is 31.2. The second-order valence-corrected chi connectivity index (χ2v) is 31.0. The first-order valence-electron chi connectivity index (χ1n) is 38.3. The molecule has 0 aliphatic rings. The maximum Gasteiger partial charge on any atom is 0.472 e. The minimum atomic E-state index is -4.96. The first kappa shape index (κ1) is 91.1. The van der Waals surface area contributed by atoms with Crippen molar-refractivity contribution < 1.29 is 80.2 Å². The van der Waals surface area contributed by atoms with Crippen LogP contribution in [0.15, 0.2) is 0 Å². The number of ether oxygens (including phenoxy) is 4. The number of aliphatic hydroxyl groups is 1. The Kier molecular flexibility index (Phi) is 62.2. The molecule has 0 bridgehead atoms. The molecule has 0 radical (unpaired) electrons. The lowest BCUT2D eigenvalue weighted by Gasteiger charge is -2.21. The predicted molar refractivity (Wildman–Crippen MR) is 377 cm³/mol. The van der Waals surface area contributed by atoms with Gasteiger partial charge in [-0.15, -0.1) is 0 Å². The minimum Gasteiger partial charge on any atom is -0.462 e. The van der Waals surface area contributed by atoms with E-state index in [1.165, 1.54) is 161 Å². The highest BCUT2D eigenvalue weighted by Crippen LogP contribution is 2.45. The summed E-state index contributed by atoms with van der Waals surface area (Å²) in [5.41, 5.74) is 0. The van der Waals surface area contributed by atoms with E-state index in [1.54, 1.807) is 0 Å². The summed E-state index contributed by atoms with van der Waals surface area (Å²) in [5.74, 6) is 0.933. The van der Waals surface area contributed by atoms with E-state index in [0.29, 0.717) is 31.6 Å². The summed E-state index contributed by atoms with van der Waals surface area (Å²) in [7, 11) is -9.91. The molecular formula is C74H144O17P2. The standard InChI is InChI=1S/C74H144O17P2/c1-9-66(7)52-44-36-28-22-18-13-11-12-14-19-23-29-40-48-56-73(78)90-69(60-84-71(76)54-46-38-31-25-27-35-43-51-65(5)6)62-88-92(80,81)86-58-68(75)59-87-93(82,83)89-63-70(61-85-72(77)55-47-39-33-32-37-45-53-67(8)10-2)91-74(79)57-49-41-30-24-20-16-15-17-21-26-34-42-50-64(3)4/h64-70,75H,9-63H2,1-8H3,(H,80,81)(H,82,83)/t66?,67?,68-,69-,70-/m1/s1. The van der Waals surface area contributed by atoms with Crippen molar-refractivity contribution in [3.05, 3.63) is 0 Å². The smallest absolute Gasteiger partial charge is 0.462 e. The SMILES string of the molecule is CCC(C)CCCCCCCCCCCCCCCCC(=O)O[C@H](COC(=O)CCCCCCCCCC(C)C)COP(=O)(O)OC[C@@H](O)COP(=O)(O)OC[C@@H](COC(=O)CCCCCCCCC(C)CC)OC(=O)CCCCCCCCCCCCCCC(C)C. The monoisotopic (exact) mass is 1370 g/mol. The molecule has 0 fully saturated rings. The Morgan fingerprint density at radius 2 is 0.516 bits per heavy atom. The van der Waals surface area contributed by atoms with Crippen molar-refractivity contribution in [2.45, 2.75) is 388 Å². The van der Waals surface area contributed by atoms with Crippen LogP contribution in [0, 0.1) is 23.7 Å². The van der Waals surface area contributed by atoms with Crippen LogP contribution in [-0.4, -0.2) is 96.7 Å². The minimum absolute atomic E-state index is 0.105. The first-order valence-corrected chi connectivity index (χ1v) is 41.3. The summed E-state index contributed by atoms with van der Waals surface area (Å²) in [6.45, 7) is 14.2. The van der Waals surface area contributed by atoms with Crippen LogP contribution in [0.3, 0.4) is 0 Å². The van der Waals surface area contributed by atoms with Crippen LogP contribution in [0.5, 0.6) is 0 Å². The van der Waals surface area contributed by atoms with Crippen LogP contribution in [0.2, 0.25) is 0 Å². The van der Waals surface area contributed by atoms with Crippen molar-refractivity contribution in [1.29, 1.82) is 0 Å². The van der Waals surface area contributed by atoms with Gasteiger partial charge < -0.3 is 33.8 Å². The third-order valence-electron chi connectivity index (χ3n) is 17.8. The second kappa shape index (κ2) is 63.5. The fourth-order valence-corrected chi connectivity index (χ4v) is 12.7. The van der Waals surface area contributed by atoms with E-state index in [4.69, 9.17) is 37.0 Å². The van der Waals surface area contributed by atoms with Gasteiger partial charge in [-0.2, -0.15) is 0 Å². The molecule has 0 rings (SSSR count). The lowest BCUT2D eigenvalue weighted by Crippen LogP contribution is -2.30. The van der Waals surface area contributed by atoms with Crippen LogP contribution in [0.4, 0.5) is 0 Å². The van der Waals surface area contributed by atoms with Crippen LogP contribution in [0.25, 0.3) is 0 Å². The number of esters is 4. The topological polar surface area (TPSA) is 237 Å². The van der Waals surface area contributed by atoms with E-state index in [-0.39, 0.29) is 25.7 Å². The third-order valence-corrected chi connectivity index (χ3v) is 19.7. The molecule has 0 saturated heterocycles. The third kappa shape index (κ3) is 65.8. The second-order valence-electron chi connectivity index (χ2n) is 28.1. The molecule has 4 unspecified atom stereocenters. The van der Waals surface area contributed by atoms with Crippen molar-refractivity contribution in [3.63, 3.8) is 0 Å². The number of rotatable bonds is 71. The summed E-state index contributed by atoms with van der Waals surface area (Å²) in [6, 6.07) is 0. The summed E-state index contributed by atoms with van der Waals surface area (Å²) in [6.07, 6.45) is 47.2. The largest absolute Gasteiger partial charge is 0.472 e. The van der Waals surface area contributed by atoms with Gasteiger partial charge in [0, 0.05) is 25.7 Å². The van der Waals surface area contributed by atoms with Gasteiger partial charge in [-0.3, -0.25) is 37.3 Å². The molecule has 17 nitrogen and oxygen atoms in total. The Morgan fingerprint density at radius 1 is 0.301 bits per heavy atom. The molecule has 0 aromatic rings. The Morgan fingerprint density at radius 3 is 0.763 bits per heavy atom. The summed E-state index contributed by atoms with van der Waals surface area (Å²) < 4.78 is 68.4. The zero-order chi connectivity index (χ0) is 68.9. The first-order chi connectivity index (χ1) is 44.7. The number of phosphoric acid groups is 2. The number of unbranched alkanes of at least 4 members (excludes halogenated alkanes) is 35. The van der Waals surface area contributed by atoms with Crippen LogP contribution >= 0.6 is 15.6 Å². The molecule has 93 heavy (non-hydrogen) atoms. The number of carbonyl (C=O) groups is 4. The molecule has 0 aliphatic carbocycles. The van der Waals surface area contributed by atoms with E-state index >= 15 is 0 Å². The molecule has 0 amide bonds. The van der Waals surface area contributed by atoms with Crippen molar-refractivity contribution in [2.24, 2.45) is 23.7 Å². The van der Waals surface area contributed by atoms with Gasteiger partial charge in [-0.25, -0.2) is 9.13 Å². The molecule has 0 heterocycles. The van der Waals surface area contributed by atoms with Gasteiger partial charge >= 0.3 is 39.5 Å². The van der Waals surface area contributed by atoms with Crippen LogP contribution < -0.4 is 0 Å². The van der Waals surface area contributed by atoms with E-state index < -0.39 is 97.5 Å². The molecule has 0 saturated carbocycles. The van der Waals surface area contributed by atoms with Gasteiger partial charge in [-0.05, 0) is 49.4 Å². The fourth-order valence-electron chi connectivity index (χ4n) is 11.1. The van der Waals surface area contributed by atoms with Gasteiger partial charge in [0.05, 0.1) is 26.4 Å². The van der Waals surface area contributed by atoms with Crippen molar-refractivity contribution in [3.8, 4) is 0 Å². The number of hydrogen-bond donors (Lipinski definition) is 3. The number of phosphoric ester groups is 2. The van der Waals surface area contributed by atoms with E-state index in [1.807, 2.05) is 0 Å². The Bertz CT molecular complexity index is 1840. The lowest BCUT2D eigenvalue weighted by atomic mass is 9.99. The molecule has 0 aromatic carbocycles. The van der Waals surface area contributed by atoms with Gasteiger partial charge in [0.1, 0.15) is 19.3 Å². The van der Waals surface area contributed by atoms with E-state index in [9.17, 15) is 43.2 Å². The zero-order valence-corrected chi connectivity index (χ0v) is 62.7. The van der Waals surface area contributed by atoms with Gasteiger partial charge in [0.25, 0.3) is 0 Å². The van der Waals surface area contributed by atoms with E-state index in [2.05, 4.69) is 55.4 Å². The number of aliphatic hydroxyl groups excluding tert-OH is 1. The molecule has 0 aliphatic heterocycles. The molecule has 0 aromatic heterocycles. The molecule has 7 atom stereocenters. The number of hydrogen-bond acceptors (Lipinski definition) is 15. The van der Waals surface area contributed by atoms with Crippen molar-refractivity contribution >= 4 is 39.5 Å². The highest BCUT2D eigenvalue weighted by Gasteiger charge is 2.30. The molecule has 0 spiro atoms. The maximum atomic E-state index is 13.0.